The quantitative estimate of drug-likeness (QED) is 0.783. The zero-order valence-corrected chi connectivity index (χ0v) is 18.7. The van der Waals surface area contributed by atoms with E-state index in [9.17, 15) is 4.79 Å². The highest BCUT2D eigenvalue weighted by molar-refractivity contribution is 5.83. The van der Waals surface area contributed by atoms with Crippen molar-refractivity contribution in [3.8, 4) is 5.75 Å². The second-order valence-electron chi connectivity index (χ2n) is 10.1. The average Bonchev–Trinajstić information content (AvgIpc) is 3.52. The fourth-order valence-corrected chi connectivity index (χ4v) is 6.03. The highest BCUT2D eigenvalue weighted by Crippen LogP contribution is 2.62. The zero-order chi connectivity index (χ0) is 21.3. The Kier molecular flexibility index (Phi) is 6.22. The smallest absolute Gasteiger partial charge is 0.226 e. The van der Waals surface area contributed by atoms with Gasteiger partial charge in [0.2, 0.25) is 5.91 Å². The Labute approximate surface area is 186 Å². The largest absolute Gasteiger partial charge is 0.491 e. The second-order valence-corrected chi connectivity index (χ2v) is 10.1. The number of aliphatic hydroxyl groups is 1. The molecule has 0 aromatic heterocycles. The summed E-state index contributed by atoms with van der Waals surface area (Å²) < 4.78 is 6.01. The van der Waals surface area contributed by atoms with Gasteiger partial charge in [0.15, 0.2) is 0 Å². The van der Waals surface area contributed by atoms with Gasteiger partial charge in [0.1, 0.15) is 12.4 Å². The SMILES string of the molecule is O=C(C1CC12CCCCC2)N1CCOc2ccc(CN3CCN(CCO)CC3)cc2C1. The van der Waals surface area contributed by atoms with E-state index in [0.29, 0.717) is 31.0 Å². The minimum Gasteiger partial charge on any atom is -0.491 e. The fourth-order valence-electron chi connectivity index (χ4n) is 6.03. The molecule has 0 bridgehead atoms. The summed E-state index contributed by atoms with van der Waals surface area (Å²) in [6, 6.07) is 6.53. The third-order valence-electron chi connectivity index (χ3n) is 8.04. The van der Waals surface area contributed by atoms with Gasteiger partial charge in [-0.3, -0.25) is 14.6 Å². The minimum absolute atomic E-state index is 0.238. The van der Waals surface area contributed by atoms with Crippen LogP contribution in [0.1, 0.15) is 49.7 Å². The first-order chi connectivity index (χ1) is 15.2. The monoisotopic (exact) mass is 427 g/mol. The fraction of sp³-hybridized carbons (Fsp3) is 0.720. The van der Waals surface area contributed by atoms with E-state index in [-0.39, 0.29) is 12.5 Å². The van der Waals surface area contributed by atoms with Crippen molar-refractivity contribution in [3.63, 3.8) is 0 Å². The van der Waals surface area contributed by atoms with Crippen LogP contribution in [0.5, 0.6) is 5.75 Å². The Bertz CT molecular complexity index is 784. The van der Waals surface area contributed by atoms with Crippen molar-refractivity contribution >= 4 is 5.91 Å². The van der Waals surface area contributed by atoms with Crippen molar-refractivity contribution in [2.45, 2.75) is 51.6 Å². The molecular formula is C25H37N3O3. The number of rotatable bonds is 5. The molecule has 1 unspecified atom stereocenters. The van der Waals surface area contributed by atoms with Crippen molar-refractivity contribution in [2.24, 2.45) is 11.3 Å². The van der Waals surface area contributed by atoms with Gasteiger partial charge < -0.3 is 14.7 Å². The first-order valence-electron chi connectivity index (χ1n) is 12.3. The number of benzene rings is 1. The molecule has 1 spiro atoms. The number of β-amino-alcohol motifs (C(OH)–C–C–N with tert-alkyl or cyclic N) is 1. The third-order valence-corrected chi connectivity index (χ3v) is 8.04. The summed E-state index contributed by atoms with van der Waals surface area (Å²) in [6.07, 6.45) is 7.55. The van der Waals surface area contributed by atoms with Crippen molar-refractivity contribution in [1.82, 2.24) is 14.7 Å². The first-order valence-corrected chi connectivity index (χ1v) is 12.3. The number of aliphatic hydroxyl groups excluding tert-OH is 1. The van der Waals surface area contributed by atoms with Gasteiger partial charge in [-0.25, -0.2) is 0 Å². The van der Waals surface area contributed by atoms with Crippen LogP contribution in [-0.2, 0) is 17.9 Å². The molecule has 6 heteroatoms. The predicted molar refractivity (Wildman–Crippen MR) is 120 cm³/mol. The lowest BCUT2D eigenvalue weighted by Gasteiger charge is -2.34. The molecule has 2 saturated carbocycles. The summed E-state index contributed by atoms with van der Waals surface area (Å²) in [5.41, 5.74) is 2.79. The minimum atomic E-state index is 0.238. The van der Waals surface area contributed by atoms with Crippen molar-refractivity contribution < 1.29 is 14.6 Å². The van der Waals surface area contributed by atoms with Crippen LogP contribution < -0.4 is 4.74 Å². The summed E-state index contributed by atoms with van der Waals surface area (Å²) in [4.78, 5) is 20.2. The number of hydrogen-bond donors (Lipinski definition) is 1. The van der Waals surface area contributed by atoms with E-state index >= 15 is 0 Å². The van der Waals surface area contributed by atoms with Crippen LogP contribution in [0, 0.1) is 11.3 Å². The molecule has 0 radical (unpaired) electrons. The van der Waals surface area contributed by atoms with E-state index in [1.165, 1.54) is 37.7 Å². The molecule has 6 nitrogen and oxygen atoms in total. The topological polar surface area (TPSA) is 56.2 Å². The number of ether oxygens (including phenoxy) is 1. The maximum absolute atomic E-state index is 13.3. The summed E-state index contributed by atoms with van der Waals surface area (Å²) in [5.74, 6) is 1.56. The van der Waals surface area contributed by atoms with Crippen LogP contribution in [0.2, 0.25) is 0 Å². The van der Waals surface area contributed by atoms with Crippen LogP contribution >= 0.6 is 0 Å². The number of hydrogen-bond acceptors (Lipinski definition) is 5. The van der Waals surface area contributed by atoms with Gasteiger partial charge in [-0.15, -0.1) is 0 Å². The van der Waals surface area contributed by atoms with E-state index in [1.54, 1.807) is 0 Å². The van der Waals surface area contributed by atoms with Crippen molar-refractivity contribution in [2.75, 3.05) is 52.5 Å². The van der Waals surface area contributed by atoms with E-state index in [2.05, 4.69) is 32.9 Å². The number of nitrogens with zero attached hydrogens (tertiary/aromatic N) is 3. The molecular weight excluding hydrogens is 390 g/mol. The number of fused-ring (bicyclic) bond motifs is 1. The van der Waals surface area contributed by atoms with Gasteiger partial charge in [-0.2, -0.15) is 0 Å². The molecule has 1 N–H and O–H groups in total. The second kappa shape index (κ2) is 9.08. The van der Waals surface area contributed by atoms with E-state index in [1.807, 2.05) is 0 Å². The predicted octanol–water partition coefficient (Wildman–Crippen LogP) is 2.49. The lowest BCUT2D eigenvalue weighted by atomic mass is 9.84. The molecule has 1 saturated heterocycles. The molecule has 31 heavy (non-hydrogen) atoms. The molecule has 2 aliphatic heterocycles. The summed E-state index contributed by atoms with van der Waals surface area (Å²) in [6.45, 7) is 7.99. The Morgan fingerprint density at radius 2 is 1.84 bits per heavy atom. The Morgan fingerprint density at radius 3 is 2.61 bits per heavy atom. The van der Waals surface area contributed by atoms with Gasteiger partial charge in [-0.05, 0) is 42.4 Å². The van der Waals surface area contributed by atoms with Crippen LogP contribution in [0.4, 0.5) is 0 Å². The van der Waals surface area contributed by atoms with Crippen LogP contribution in [0.3, 0.4) is 0 Å². The molecule has 2 heterocycles. The molecule has 3 fully saturated rings. The molecule has 170 valence electrons. The van der Waals surface area contributed by atoms with Gasteiger partial charge in [0.25, 0.3) is 0 Å². The number of piperazine rings is 1. The van der Waals surface area contributed by atoms with Crippen LogP contribution in [-0.4, -0.2) is 78.2 Å². The van der Waals surface area contributed by atoms with Gasteiger partial charge in [0.05, 0.1) is 13.2 Å². The zero-order valence-electron chi connectivity index (χ0n) is 18.7. The lowest BCUT2D eigenvalue weighted by Crippen LogP contribution is -2.46. The third kappa shape index (κ3) is 4.62. The molecule has 1 aromatic carbocycles. The van der Waals surface area contributed by atoms with Gasteiger partial charge in [-0.1, -0.05) is 25.3 Å². The maximum Gasteiger partial charge on any atom is 0.226 e. The Balaban J connectivity index is 1.22. The van der Waals surface area contributed by atoms with Gasteiger partial charge in [0, 0.05) is 57.3 Å². The van der Waals surface area contributed by atoms with Crippen LogP contribution in [0.25, 0.3) is 0 Å². The average molecular weight is 428 g/mol. The highest BCUT2D eigenvalue weighted by atomic mass is 16.5. The standard InChI is InChI=1S/C25H37N3O3/c29-14-12-26-8-10-27(11-9-26)18-20-4-5-23-21(16-20)19-28(13-15-31-23)24(30)22-17-25(22)6-2-1-3-7-25/h4-5,16,22,29H,1-3,6-15,17-19H2. The lowest BCUT2D eigenvalue weighted by molar-refractivity contribution is -0.134. The number of amides is 1. The van der Waals surface area contributed by atoms with Crippen molar-refractivity contribution in [3.05, 3.63) is 29.3 Å². The summed E-state index contributed by atoms with van der Waals surface area (Å²) in [5, 5.41) is 9.13. The van der Waals surface area contributed by atoms with E-state index in [0.717, 1.165) is 57.0 Å². The van der Waals surface area contributed by atoms with Gasteiger partial charge >= 0.3 is 0 Å². The molecule has 2 aliphatic carbocycles. The Morgan fingerprint density at radius 1 is 1.06 bits per heavy atom. The molecule has 1 atom stereocenters. The maximum atomic E-state index is 13.3. The molecule has 5 rings (SSSR count). The van der Waals surface area contributed by atoms with Crippen LogP contribution in [0.15, 0.2) is 18.2 Å². The van der Waals surface area contributed by atoms with Crippen molar-refractivity contribution in [1.29, 1.82) is 0 Å². The molecule has 1 aromatic rings. The molecule has 4 aliphatic rings. The molecule has 1 amide bonds. The number of carbonyl (C=O) groups is 1. The first kappa shape index (κ1) is 21.2. The van der Waals surface area contributed by atoms with E-state index in [4.69, 9.17) is 9.84 Å². The number of carbonyl (C=O) groups excluding carboxylic acids is 1. The highest BCUT2D eigenvalue weighted by Gasteiger charge is 2.58. The van der Waals surface area contributed by atoms with E-state index < -0.39 is 0 Å². The Hall–Kier alpha value is -1.63. The normalized spacial score (nSPS) is 26.2. The summed E-state index contributed by atoms with van der Waals surface area (Å²) in [7, 11) is 0. The summed E-state index contributed by atoms with van der Waals surface area (Å²) >= 11 is 0.